The Bertz CT molecular complexity index is 396. The average molecular weight is 249 g/mol. The molecule has 0 heterocycles. The molecule has 0 unspecified atom stereocenters. The van der Waals surface area contributed by atoms with Crippen LogP contribution in [0.15, 0.2) is 18.2 Å². The summed E-state index contributed by atoms with van der Waals surface area (Å²) < 4.78 is 50.7. The molecule has 0 radical (unpaired) electrons. The number of nitrogens with two attached hydrogens (primary N) is 1. The maximum Gasteiger partial charge on any atom is 0.416 e. The Morgan fingerprint density at radius 1 is 1.18 bits per heavy atom. The Kier molecular flexibility index (Phi) is 3.81. The van der Waals surface area contributed by atoms with Gasteiger partial charge in [-0.1, -0.05) is 19.9 Å². The van der Waals surface area contributed by atoms with E-state index in [0.717, 1.165) is 6.07 Å². The molecule has 1 aromatic carbocycles. The SMILES string of the molecule is CC(C)(CCN)c1ccc(C(F)(F)F)cc1F. The first kappa shape index (κ1) is 14.0. The fourth-order valence-corrected chi connectivity index (χ4v) is 1.74. The monoisotopic (exact) mass is 249 g/mol. The molecule has 0 fully saturated rings. The van der Waals surface area contributed by atoms with Gasteiger partial charge in [0.15, 0.2) is 0 Å². The molecule has 2 N–H and O–H groups in total. The van der Waals surface area contributed by atoms with Crippen molar-refractivity contribution in [3.8, 4) is 0 Å². The summed E-state index contributed by atoms with van der Waals surface area (Å²) in [6, 6.07) is 2.62. The number of rotatable bonds is 3. The van der Waals surface area contributed by atoms with E-state index in [1.165, 1.54) is 6.07 Å². The minimum Gasteiger partial charge on any atom is -0.330 e. The second-order valence-corrected chi connectivity index (χ2v) is 4.61. The van der Waals surface area contributed by atoms with Crippen LogP contribution in [0.5, 0.6) is 0 Å². The summed E-state index contributed by atoms with van der Waals surface area (Å²) in [6.07, 6.45) is -4.01. The first-order valence-electron chi connectivity index (χ1n) is 5.26. The van der Waals surface area contributed by atoms with Gasteiger partial charge in [-0.05, 0) is 36.1 Å². The quantitative estimate of drug-likeness (QED) is 0.815. The van der Waals surface area contributed by atoms with Crippen LogP contribution in [0, 0.1) is 5.82 Å². The van der Waals surface area contributed by atoms with Crippen LogP contribution < -0.4 is 5.73 Å². The van der Waals surface area contributed by atoms with E-state index in [-0.39, 0.29) is 5.56 Å². The number of hydrogen-bond acceptors (Lipinski definition) is 1. The second kappa shape index (κ2) is 4.64. The molecule has 0 aliphatic carbocycles. The van der Waals surface area contributed by atoms with Crippen LogP contribution in [-0.2, 0) is 11.6 Å². The summed E-state index contributed by atoms with van der Waals surface area (Å²) in [5, 5.41) is 0. The van der Waals surface area contributed by atoms with E-state index in [9.17, 15) is 17.6 Å². The first-order chi connectivity index (χ1) is 7.68. The molecule has 96 valence electrons. The third-order valence-electron chi connectivity index (χ3n) is 2.79. The summed E-state index contributed by atoms with van der Waals surface area (Å²) >= 11 is 0. The van der Waals surface area contributed by atoms with E-state index in [1.807, 2.05) is 0 Å². The molecule has 0 atom stereocenters. The number of halogens is 4. The second-order valence-electron chi connectivity index (χ2n) is 4.61. The predicted octanol–water partition coefficient (Wildman–Crippen LogP) is 3.47. The normalized spacial score (nSPS) is 12.9. The molecule has 0 aliphatic heterocycles. The average Bonchev–Trinajstić information content (AvgIpc) is 2.15. The maximum absolute atomic E-state index is 13.7. The molecule has 0 amide bonds. The van der Waals surface area contributed by atoms with E-state index in [1.54, 1.807) is 13.8 Å². The van der Waals surface area contributed by atoms with Crippen molar-refractivity contribution in [2.45, 2.75) is 31.9 Å². The Morgan fingerprint density at radius 2 is 1.76 bits per heavy atom. The molecule has 0 aromatic heterocycles. The lowest BCUT2D eigenvalue weighted by atomic mass is 9.81. The van der Waals surface area contributed by atoms with E-state index < -0.39 is 23.0 Å². The fourth-order valence-electron chi connectivity index (χ4n) is 1.74. The summed E-state index contributed by atoms with van der Waals surface area (Å²) in [7, 11) is 0. The molecule has 0 bridgehead atoms. The summed E-state index contributed by atoms with van der Waals surface area (Å²) in [5.74, 6) is -0.835. The minimum atomic E-state index is -4.52. The Hall–Kier alpha value is -1.10. The summed E-state index contributed by atoms with van der Waals surface area (Å²) in [5.41, 5.74) is 4.12. The summed E-state index contributed by atoms with van der Waals surface area (Å²) in [4.78, 5) is 0. The third-order valence-corrected chi connectivity index (χ3v) is 2.79. The molecule has 0 aliphatic rings. The van der Waals surface area contributed by atoms with Crippen molar-refractivity contribution < 1.29 is 17.6 Å². The lowest BCUT2D eigenvalue weighted by Gasteiger charge is -2.25. The van der Waals surface area contributed by atoms with Gasteiger partial charge in [0.25, 0.3) is 0 Å². The number of alkyl halides is 3. The molecule has 1 aromatic rings. The highest BCUT2D eigenvalue weighted by Crippen LogP contribution is 2.34. The Balaban J connectivity index is 3.14. The summed E-state index contributed by atoms with van der Waals surface area (Å²) in [6.45, 7) is 3.87. The minimum absolute atomic E-state index is 0.260. The highest BCUT2D eigenvalue weighted by Gasteiger charge is 2.32. The van der Waals surface area contributed by atoms with Crippen LogP contribution in [0.3, 0.4) is 0 Å². The van der Waals surface area contributed by atoms with Gasteiger partial charge < -0.3 is 5.73 Å². The molecule has 1 nitrogen and oxygen atoms in total. The molecule has 1 rings (SSSR count). The zero-order chi connectivity index (χ0) is 13.3. The largest absolute Gasteiger partial charge is 0.416 e. The van der Waals surface area contributed by atoms with Crippen LogP contribution >= 0.6 is 0 Å². The highest BCUT2D eigenvalue weighted by atomic mass is 19.4. The van der Waals surface area contributed by atoms with Crippen LogP contribution in [0.2, 0.25) is 0 Å². The van der Waals surface area contributed by atoms with Gasteiger partial charge in [-0.3, -0.25) is 0 Å². The van der Waals surface area contributed by atoms with Crippen molar-refractivity contribution in [1.29, 1.82) is 0 Å². The topological polar surface area (TPSA) is 26.0 Å². The highest BCUT2D eigenvalue weighted by molar-refractivity contribution is 5.31. The lowest BCUT2D eigenvalue weighted by molar-refractivity contribution is -0.137. The lowest BCUT2D eigenvalue weighted by Crippen LogP contribution is -2.23. The van der Waals surface area contributed by atoms with Crippen LogP contribution in [0.25, 0.3) is 0 Å². The van der Waals surface area contributed by atoms with Crippen LogP contribution in [-0.4, -0.2) is 6.54 Å². The third kappa shape index (κ3) is 3.19. The van der Waals surface area contributed by atoms with E-state index in [2.05, 4.69) is 0 Å². The molecule has 0 saturated carbocycles. The number of hydrogen-bond donors (Lipinski definition) is 1. The number of benzene rings is 1. The van der Waals surface area contributed by atoms with Gasteiger partial charge in [-0.2, -0.15) is 13.2 Å². The van der Waals surface area contributed by atoms with Crippen molar-refractivity contribution >= 4 is 0 Å². The molecular weight excluding hydrogens is 234 g/mol. The first-order valence-corrected chi connectivity index (χ1v) is 5.26. The fraction of sp³-hybridized carbons (Fsp3) is 0.500. The molecule has 17 heavy (non-hydrogen) atoms. The van der Waals surface area contributed by atoms with E-state index >= 15 is 0 Å². The van der Waals surface area contributed by atoms with Crippen molar-refractivity contribution in [1.82, 2.24) is 0 Å². The molecule has 5 heteroatoms. The molecule has 0 spiro atoms. The predicted molar refractivity (Wildman–Crippen MR) is 58.1 cm³/mol. The molecular formula is C12H15F4N. The molecule has 0 saturated heterocycles. The van der Waals surface area contributed by atoms with Crippen molar-refractivity contribution in [3.63, 3.8) is 0 Å². The van der Waals surface area contributed by atoms with Crippen molar-refractivity contribution in [3.05, 3.63) is 35.1 Å². The van der Waals surface area contributed by atoms with Gasteiger partial charge in [-0.15, -0.1) is 0 Å². The Morgan fingerprint density at radius 3 is 2.18 bits per heavy atom. The zero-order valence-electron chi connectivity index (χ0n) is 9.74. The van der Waals surface area contributed by atoms with Gasteiger partial charge in [-0.25, -0.2) is 4.39 Å². The van der Waals surface area contributed by atoms with E-state index in [4.69, 9.17) is 5.73 Å². The van der Waals surface area contributed by atoms with E-state index in [0.29, 0.717) is 19.0 Å². The van der Waals surface area contributed by atoms with Gasteiger partial charge in [0.2, 0.25) is 0 Å². The van der Waals surface area contributed by atoms with Gasteiger partial charge in [0, 0.05) is 0 Å². The van der Waals surface area contributed by atoms with Gasteiger partial charge in [0.1, 0.15) is 5.82 Å². The smallest absolute Gasteiger partial charge is 0.330 e. The van der Waals surface area contributed by atoms with Crippen LogP contribution in [0.4, 0.5) is 17.6 Å². The van der Waals surface area contributed by atoms with Crippen molar-refractivity contribution in [2.24, 2.45) is 5.73 Å². The zero-order valence-corrected chi connectivity index (χ0v) is 9.74. The Labute approximate surface area is 97.6 Å². The standard InChI is InChI=1S/C12H15F4N/c1-11(2,5-6-17)9-4-3-8(7-10(9)13)12(14,15)16/h3-4,7H,5-6,17H2,1-2H3. The van der Waals surface area contributed by atoms with Gasteiger partial charge in [0.05, 0.1) is 5.56 Å². The van der Waals surface area contributed by atoms with Crippen molar-refractivity contribution in [2.75, 3.05) is 6.54 Å². The van der Waals surface area contributed by atoms with Gasteiger partial charge >= 0.3 is 6.18 Å². The maximum atomic E-state index is 13.7. The van der Waals surface area contributed by atoms with Crippen LogP contribution in [0.1, 0.15) is 31.4 Å².